The first-order valence-corrected chi connectivity index (χ1v) is 9.09. The van der Waals surface area contributed by atoms with Gasteiger partial charge in [0.1, 0.15) is 5.82 Å². The van der Waals surface area contributed by atoms with Gasteiger partial charge in [-0.2, -0.15) is 0 Å². The molecule has 3 heterocycles. The minimum atomic E-state index is -0.138. The number of methoxy groups -OCH3 is 1. The van der Waals surface area contributed by atoms with Gasteiger partial charge in [0.2, 0.25) is 0 Å². The summed E-state index contributed by atoms with van der Waals surface area (Å²) in [5, 5.41) is 8.75. The van der Waals surface area contributed by atoms with Gasteiger partial charge in [-0.05, 0) is 43.2 Å². The van der Waals surface area contributed by atoms with Crippen LogP contribution in [0.3, 0.4) is 0 Å². The summed E-state index contributed by atoms with van der Waals surface area (Å²) in [5.74, 6) is 2.43. The van der Waals surface area contributed by atoms with Gasteiger partial charge in [-0.25, -0.2) is 0 Å². The number of fused-ring (bicyclic) bond motifs is 2. The predicted molar refractivity (Wildman–Crippen MR) is 88.4 cm³/mol. The Labute approximate surface area is 139 Å². The van der Waals surface area contributed by atoms with Crippen molar-refractivity contribution in [2.75, 3.05) is 7.11 Å². The fourth-order valence-corrected chi connectivity index (χ4v) is 4.90. The highest BCUT2D eigenvalue weighted by Gasteiger charge is 2.29. The summed E-state index contributed by atoms with van der Waals surface area (Å²) in [6.07, 6.45) is 5.07. The summed E-state index contributed by atoms with van der Waals surface area (Å²) < 4.78 is 7.05. The van der Waals surface area contributed by atoms with Crippen LogP contribution in [0.2, 0.25) is 0 Å². The van der Waals surface area contributed by atoms with Crippen molar-refractivity contribution in [1.82, 2.24) is 14.8 Å². The highest BCUT2D eigenvalue weighted by Crippen LogP contribution is 2.37. The van der Waals surface area contributed by atoms with Crippen molar-refractivity contribution in [3.05, 3.63) is 22.3 Å². The van der Waals surface area contributed by atoms with E-state index in [1.54, 1.807) is 0 Å². The molecular formula is C17H21N3O2S. The van der Waals surface area contributed by atoms with Crippen molar-refractivity contribution in [1.29, 1.82) is 0 Å². The third-order valence-electron chi connectivity index (χ3n) is 5.04. The monoisotopic (exact) mass is 331 g/mol. The van der Waals surface area contributed by atoms with E-state index in [0.29, 0.717) is 6.42 Å². The lowest BCUT2D eigenvalue weighted by atomic mass is 9.90. The molecule has 2 aromatic rings. The van der Waals surface area contributed by atoms with Gasteiger partial charge >= 0.3 is 5.97 Å². The third-order valence-corrected chi connectivity index (χ3v) is 6.27. The summed E-state index contributed by atoms with van der Waals surface area (Å²) in [4.78, 5) is 14.5. The maximum Gasteiger partial charge on any atom is 0.309 e. The Balaban J connectivity index is 1.63. The van der Waals surface area contributed by atoms with Crippen LogP contribution in [0.1, 0.15) is 36.0 Å². The lowest BCUT2D eigenvalue weighted by Crippen LogP contribution is -2.27. The highest BCUT2D eigenvalue weighted by atomic mass is 32.1. The summed E-state index contributed by atoms with van der Waals surface area (Å²) in [5.41, 5.74) is 1.49. The van der Waals surface area contributed by atoms with E-state index in [1.165, 1.54) is 41.7 Å². The Bertz CT molecular complexity index is 749. The van der Waals surface area contributed by atoms with Crippen LogP contribution >= 0.6 is 11.3 Å². The van der Waals surface area contributed by atoms with Crippen LogP contribution in [0.25, 0.3) is 10.7 Å². The second-order valence-electron chi connectivity index (χ2n) is 6.71. The van der Waals surface area contributed by atoms with Gasteiger partial charge in [0, 0.05) is 17.8 Å². The summed E-state index contributed by atoms with van der Waals surface area (Å²) in [6, 6.07) is 2.30. The molecule has 0 saturated carbocycles. The van der Waals surface area contributed by atoms with Crippen LogP contribution in [-0.4, -0.2) is 27.8 Å². The van der Waals surface area contributed by atoms with Gasteiger partial charge in [0.05, 0.1) is 17.9 Å². The number of aryl methyl sites for hydroxylation is 1. The molecule has 23 heavy (non-hydrogen) atoms. The molecule has 2 aromatic heterocycles. The number of rotatable bonds is 2. The lowest BCUT2D eigenvalue weighted by molar-refractivity contribution is -0.146. The van der Waals surface area contributed by atoms with Gasteiger partial charge in [0.25, 0.3) is 0 Å². The lowest BCUT2D eigenvalue weighted by Gasteiger charge is -2.21. The Morgan fingerprint density at radius 3 is 3.04 bits per heavy atom. The number of nitrogens with zero attached hydrogens (tertiary/aromatic N) is 3. The predicted octanol–water partition coefficient (Wildman–Crippen LogP) is 2.87. The molecular weight excluding hydrogens is 310 g/mol. The molecule has 0 amide bonds. The summed E-state index contributed by atoms with van der Waals surface area (Å²) in [7, 11) is 1.45. The zero-order valence-corrected chi connectivity index (χ0v) is 14.4. The quantitative estimate of drug-likeness (QED) is 0.794. The Kier molecular flexibility index (Phi) is 3.71. The molecule has 5 nitrogen and oxygen atoms in total. The minimum Gasteiger partial charge on any atom is -0.469 e. The molecule has 1 aliphatic heterocycles. The molecule has 1 aliphatic carbocycles. The van der Waals surface area contributed by atoms with Gasteiger partial charge in [-0.15, -0.1) is 21.5 Å². The van der Waals surface area contributed by atoms with Crippen LogP contribution in [0.5, 0.6) is 0 Å². The number of ether oxygens (including phenoxy) is 1. The molecule has 2 aliphatic rings. The van der Waals surface area contributed by atoms with Crippen molar-refractivity contribution < 1.29 is 9.53 Å². The SMILES string of the molecule is COC(=O)C1CCn2c(nnc2-c2cc3c(s2)CCC(C)C3)C1. The standard InChI is InChI=1S/C17H21N3O2S/c1-10-3-4-13-12(7-10)8-14(23-13)16-19-18-15-9-11(17(21)22-2)5-6-20(15)16/h8,10-11H,3-7,9H2,1-2H3. The van der Waals surface area contributed by atoms with E-state index in [2.05, 4.69) is 27.8 Å². The highest BCUT2D eigenvalue weighted by molar-refractivity contribution is 7.15. The molecule has 0 spiro atoms. The Morgan fingerprint density at radius 1 is 1.35 bits per heavy atom. The van der Waals surface area contributed by atoms with E-state index in [9.17, 15) is 4.79 Å². The maximum atomic E-state index is 11.7. The number of hydrogen-bond donors (Lipinski definition) is 0. The van der Waals surface area contributed by atoms with Crippen molar-refractivity contribution in [3.63, 3.8) is 0 Å². The van der Waals surface area contributed by atoms with Crippen molar-refractivity contribution in [3.8, 4) is 10.7 Å². The molecule has 2 atom stereocenters. The first kappa shape index (κ1) is 14.9. The van der Waals surface area contributed by atoms with Crippen LogP contribution in [0.15, 0.2) is 6.07 Å². The van der Waals surface area contributed by atoms with E-state index < -0.39 is 0 Å². The topological polar surface area (TPSA) is 57.0 Å². The fourth-order valence-electron chi connectivity index (χ4n) is 3.69. The average Bonchev–Trinajstić information content (AvgIpc) is 3.16. The zero-order chi connectivity index (χ0) is 16.0. The van der Waals surface area contributed by atoms with E-state index in [-0.39, 0.29) is 11.9 Å². The van der Waals surface area contributed by atoms with Crippen molar-refractivity contribution in [2.24, 2.45) is 11.8 Å². The third kappa shape index (κ3) is 2.59. The Morgan fingerprint density at radius 2 is 2.22 bits per heavy atom. The number of hydrogen-bond acceptors (Lipinski definition) is 5. The van der Waals surface area contributed by atoms with E-state index in [4.69, 9.17) is 4.74 Å². The molecule has 6 heteroatoms. The number of carbonyl (C=O) groups is 1. The molecule has 0 N–H and O–H groups in total. The first-order valence-electron chi connectivity index (χ1n) is 8.27. The second-order valence-corrected chi connectivity index (χ2v) is 7.85. The van der Waals surface area contributed by atoms with E-state index >= 15 is 0 Å². The summed E-state index contributed by atoms with van der Waals surface area (Å²) >= 11 is 1.86. The minimum absolute atomic E-state index is 0.0815. The second kappa shape index (κ2) is 5.74. The number of thiophene rings is 1. The van der Waals surface area contributed by atoms with Crippen molar-refractivity contribution >= 4 is 17.3 Å². The largest absolute Gasteiger partial charge is 0.469 e. The number of esters is 1. The van der Waals surface area contributed by atoms with Gasteiger partial charge in [0.15, 0.2) is 5.82 Å². The molecule has 122 valence electrons. The molecule has 2 unspecified atom stereocenters. The van der Waals surface area contributed by atoms with Gasteiger partial charge < -0.3 is 9.30 Å². The first-order chi connectivity index (χ1) is 11.2. The maximum absolute atomic E-state index is 11.7. The Hall–Kier alpha value is -1.69. The normalized spacial score (nSPS) is 23.2. The molecule has 0 bridgehead atoms. The van der Waals surface area contributed by atoms with Gasteiger partial charge in [-0.1, -0.05) is 6.92 Å². The average molecular weight is 331 g/mol. The van der Waals surface area contributed by atoms with Crippen molar-refractivity contribution in [2.45, 2.75) is 45.6 Å². The van der Waals surface area contributed by atoms with Gasteiger partial charge in [-0.3, -0.25) is 4.79 Å². The zero-order valence-electron chi connectivity index (χ0n) is 13.5. The van der Waals surface area contributed by atoms with E-state index in [0.717, 1.165) is 30.5 Å². The fraction of sp³-hybridized carbons (Fsp3) is 0.588. The number of aromatic nitrogens is 3. The summed E-state index contributed by atoms with van der Waals surface area (Å²) in [6.45, 7) is 3.11. The van der Waals surface area contributed by atoms with Crippen LogP contribution in [0.4, 0.5) is 0 Å². The smallest absolute Gasteiger partial charge is 0.309 e. The van der Waals surface area contributed by atoms with Crippen LogP contribution in [-0.2, 0) is 35.3 Å². The van der Waals surface area contributed by atoms with Crippen LogP contribution < -0.4 is 0 Å². The molecule has 0 saturated heterocycles. The van der Waals surface area contributed by atoms with Crippen LogP contribution in [0, 0.1) is 11.8 Å². The van der Waals surface area contributed by atoms with E-state index in [1.807, 2.05) is 11.3 Å². The molecule has 0 aromatic carbocycles. The molecule has 0 radical (unpaired) electrons. The molecule has 0 fully saturated rings. The molecule has 4 rings (SSSR count). The number of carbonyl (C=O) groups excluding carboxylic acids is 1.